The summed E-state index contributed by atoms with van der Waals surface area (Å²) in [5, 5.41) is 4.00. The summed E-state index contributed by atoms with van der Waals surface area (Å²) in [5.74, 6) is 1.64. The molecule has 1 amide bonds. The third kappa shape index (κ3) is 5.64. The summed E-state index contributed by atoms with van der Waals surface area (Å²) >= 11 is 0. The fraction of sp³-hybridized carbons (Fsp3) is 0.333. The number of hydrogen-bond acceptors (Lipinski definition) is 6. The average molecular weight is 386 g/mol. The summed E-state index contributed by atoms with van der Waals surface area (Å²) in [6, 6.07) is 10.6. The SMILES string of the molecule is CCCCOc1ccc(C=NNC(=O)c2cc(OC)c(OC)c(OC)c2)cc1. The van der Waals surface area contributed by atoms with Crippen molar-refractivity contribution in [1.29, 1.82) is 0 Å². The van der Waals surface area contributed by atoms with E-state index in [0.29, 0.717) is 29.4 Å². The van der Waals surface area contributed by atoms with Gasteiger partial charge in [0.05, 0.1) is 34.2 Å². The second-order valence-electron chi connectivity index (χ2n) is 5.88. The monoisotopic (exact) mass is 386 g/mol. The number of ether oxygens (including phenoxy) is 4. The van der Waals surface area contributed by atoms with E-state index in [4.69, 9.17) is 18.9 Å². The van der Waals surface area contributed by atoms with Gasteiger partial charge in [0.15, 0.2) is 11.5 Å². The Balaban J connectivity index is 2.01. The highest BCUT2D eigenvalue weighted by Crippen LogP contribution is 2.38. The van der Waals surface area contributed by atoms with E-state index in [0.717, 1.165) is 24.2 Å². The highest BCUT2D eigenvalue weighted by Gasteiger charge is 2.16. The molecule has 0 saturated carbocycles. The number of nitrogens with zero attached hydrogens (tertiary/aromatic N) is 1. The molecule has 0 fully saturated rings. The Labute approximate surface area is 165 Å². The van der Waals surface area contributed by atoms with Crippen molar-refractivity contribution in [3.05, 3.63) is 47.5 Å². The zero-order chi connectivity index (χ0) is 20.4. The molecule has 1 N–H and O–H groups in total. The van der Waals surface area contributed by atoms with Crippen molar-refractivity contribution in [2.24, 2.45) is 5.10 Å². The molecule has 0 aliphatic rings. The number of methoxy groups -OCH3 is 3. The van der Waals surface area contributed by atoms with Crippen molar-refractivity contribution in [2.45, 2.75) is 19.8 Å². The summed E-state index contributed by atoms with van der Waals surface area (Å²) in [5.41, 5.74) is 3.67. The van der Waals surface area contributed by atoms with Crippen LogP contribution >= 0.6 is 0 Å². The molecular weight excluding hydrogens is 360 g/mol. The molecule has 0 spiro atoms. The normalized spacial score (nSPS) is 10.6. The first-order chi connectivity index (χ1) is 13.6. The van der Waals surface area contributed by atoms with Crippen molar-refractivity contribution >= 4 is 12.1 Å². The smallest absolute Gasteiger partial charge is 0.271 e. The molecule has 0 unspecified atom stereocenters. The van der Waals surface area contributed by atoms with Crippen molar-refractivity contribution < 1.29 is 23.7 Å². The van der Waals surface area contributed by atoms with Gasteiger partial charge in [-0.25, -0.2) is 5.43 Å². The largest absolute Gasteiger partial charge is 0.494 e. The van der Waals surface area contributed by atoms with Gasteiger partial charge in [0, 0.05) is 5.56 Å². The lowest BCUT2D eigenvalue weighted by molar-refractivity contribution is 0.0954. The number of benzene rings is 2. The number of carbonyl (C=O) groups is 1. The Kier molecular flexibility index (Phi) is 8.14. The lowest BCUT2D eigenvalue weighted by Crippen LogP contribution is -2.18. The molecule has 0 saturated heterocycles. The van der Waals surface area contributed by atoms with Crippen LogP contribution in [0.1, 0.15) is 35.7 Å². The van der Waals surface area contributed by atoms with Gasteiger partial charge < -0.3 is 18.9 Å². The molecule has 0 radical (unpaired) electrons. The molecule has 0 aliphatic carbocycles. The summed E-state index contributed by atoms with van der Waals surface area (Å²) in [4.78, 5) is 12.4. The van der Waals surface area contributed by atoms with E-state index in [-0.39, 0.29) is 0 Å². The summed E-state index contributed by atoms with van der Waals surface area (Å²) in [7, 11) is 4.49. The maximum Gasteiger partial charge on any atom is 0.271 e. The molecule has 2 rings (SSSR count). The molecule has 2 aromatic rings. The number of hydrazone groups is 1. The molecular formula is C21H26N2O5. The van der Waals surface area contributed by atoms with Crippen LogP contribution in [0, 0.1) is 0 Å². The van der Waals surface area contributed by atoms with Crippen LogP contribution in [0.3, 0.4) is 0 Å². The second-order valence-corrected chi connectivity index (χ2v) is 5.88. The first-order valence-electron chi connectivity index (χ1n) is 8.99. The highest BCUT2D eigenvalue weighted by molar-refractivity contribution is 5.96. The zero-order valence-corrected chi connectivity index (χ0v) is 16.7. The fourth-order valence-corrected chi connectivity index (χ4v) is 2.43. The number of carbonyl (C=O) groups excluding carboxylic acids is 1. The molecule has 28 heavy (non-hydrogen) atoms. The average Bonchev–Trinajstić information content (AvgIpc) is 2.73. The lowest BCUT2D eigenvalue weighted by Gasteiger charge is -2.13. The molecule has 150 valence electrons. The standard InChI is InChI=1S/C21H26N2O5/c1-5-6-11-28-17-9-7-15(8-10-17)14-22-23-21(24)16-12-18(25-2)20(27-4)19(13-16)26-3/h7-10,12-14H,5-6,11H2,1-4H3,(H,23,24). The van der Waals surface area contributed by atoms with Crippen LogP contribution in [0.15, 0.2) is 41.5 Å². The maximum absolute atomic E-state index is 12.4. The molecule has 7 nitrogen and oxygen atoms in total. The van der Waals surface area contributed by atoms with Crippen LogP contribution in [0.25, 0.3) is 0 Å². The Hall–Kier alpha value is -3.22. The summed E-state index contributed by atoms with van der Waals surface area (Å²) < 4.78 is 21.4. The van der Waals surface area contributed by atoms with E-state index < -0.39 is 5.91 Å². The third-order valence-electron chi connectivity index (χ3n) is 3.95. The third-order valence-corrected chi connectivity index (χ3v) is 3.95. The molecule has 2 aromatic carbocycles. The Bertz CT molecular complexity index is 778. The number of unbranched alkanes of at least 4 members (excludes halogenated alkanes) is 1. The van der Waals surface area contributed by atoms with E-state index in [9.17, 15) is 4.79 Å². The lowest BCUT2D eigenvalue weighted by atomic mass is 10.1. The van der Waals surface area contributed by atoms with Crippen LogP contribution in [0.5, 0.6) is 23.0 Å². The Morgan fingerprint density at radius 1 is 1.04 bits per heavy atom. The summed E-state index contributed by atoms with van der Waals surface area (Å²) in [6.45, 7) is 2.82. The second kappa shape index (κ2) is 10.8. The van der Waals surface area contributed by atoms with Gasteiger partial charge in [0.2, 0.25) is 5.75 Å². The Morgan fingerprint density at radius 2 is 1.68 bits per heavy atom. The maximum atomic E-state index is 12.4. The van der Waals surface area contributed by atoms with Gasteiger partial charge >= 0.3 is 0 Å². The van der Waals surface area contributed by atoms with Crippen molar-refractivity contribution in [2.75, 3.05) is 27.9 Å². The minimum Gasteiger partial charge on any atom is -0.494 e. The van der Waals surface area contributed by atoms with Crippen LogP contribution in [-0.2, 0) is 0 Å². The van der Waals surface area contributed by atoms with Gasteiger partial charge in [0.1, 0.15) is 5.75 Å². The predicted molar refractivity (Wildman–Crippen MR) is 108 cm³/mol. The number of rotatable bonds is 10. The number of hydrogen-bond donors (Lipinski definition) is 1. The zero-order valence-electron chi connectivity index (χ0n) is 16.7. The first-order valence-corrected chi connectivity index (χ1v) is 8.99. The predicted octanol–water partition coefficient (Wildman–Crippen LogP) is 3.66. The molecule has 0 bridgehead atoms. The van der Waals surface area contributed by atoms with Crippen LogP contribution < -0.4 is 24.4 Å². The van der Waals surface area contributed by atoms with E-state index in [1.807, 2.05) is 24.3 Å². The van der Waals surface area contributed by atoms with Gasteiger partial charge in [-0.3, -0.25) is 4.79 Å². The van der Waals surface area contributed by atoms with E-state index in [2.05, 4.69) is 17.5 Å². The van der Waals surface area contributed by atoms with Crippen molar-refractivity contribution in [3.63, 3.8) is 0 Å². The van der Waals surface area contributed by atoms with E-state index >= 15 is 0 Å². The Morgan fingerprint density at radius 3 is 2.21 bits per heavy atom. The highest BCUT2D eigenvalue weighted by atomic mass is 16.5. The number of nitrogens with one attached hydrogen (secondary N) is 1. The minimum absolute atomic E-state index is 0.339. The number of amides is 1. The molecule has 0 atom stereocenters. The van der Waals surface area contributed by atoms with Crippen LogP contribution in [0.2, 0.25) is 0 Å². The molecule has 0 aromatic heterocycles. The van der Waals surface area contributed by atoms with Crippen molar-refractivity contribution in [3.8, 4) is 23.0 Å². The summed E-state index contributed by atoms with van der Waals surface area (Å²) in [6.07, 6.45) is 3.68. The van der Waals surface area contributed by atoms with Gasteiger partial charge in [-0.2, -0.15) is 5.10 Å². The first kappa shape index (κ1) is 21.1. The van der Waals surface area contributed by atoms with Crippen LogP contribution in [-0.4, -0.2) is 40.1 Å². The molecule has 7 heteroatoms. The quantitative estimate of drug-likeness (QED) is 0.383. The van der Waals surface area contributed by atoms with E-state index in [1.54, 1.807) is 18.3 Å². The molecule has 0 heterocycles. The molecule has 0 aliphatic heterocycles. The van der Waals surface area contributed by atoms with Gasteiger partial charge in [-0.1, -0.05) is 13.3 Å². The minimum atomic E-state index is -0.393. The van der Waals surface area contributed by atoms with Gasteiger partial charge in [0.25, 0.3) is 5.91 Å². The van der Waals surface area contributed by atoms with E-state index in [1.165, 1.54) is 21.3 Å². The fourth-order valence-electron chi connectivity index (χ4n) is 2.43. The van der Waals surface area contributed by atoms with Crippen LogP contribution in [0.4, 0.5) is 0 Å². The van der Waals surface area contributed by atoms with Crippen molar-refractivity contribution in [1.82, 2.24) is 5.43 Å². The van der Waals surface area contributed by atoms with Gasteiger partial charge in [-0.15, -0.1) is 0 Å². The van der Waals surface area contributed by atoms with Gasteiger partial charge in [-0.05, 0) is 48.4 Å². The topological polar surface area (TPSA) is 78.4 Å².